The molecule has 2 atom stereocenters. The molecule has 110 valence electrons. The Labute approximate surface area is 124 Å². The lowest BCUT2D eigenvalue weighted by molar-refractivity contribution is -0.125. The van der Waals surface area contributed by atoms with E-state index in [1.807, 2.05) is 41.2 Å². The minimum absolute atomic E-state index is 0.0712. The van der Waals surface area contributed by atoms with Gasteiger partial charge in [-0.15, -0.1) is 0 Å². The number of nitrogens with zero attached hydrogens (tertiary/aromatic N) is 2. The maximum atomic E-state index is 12.3. The van der Waals surface area contributed by atoms with Gasteiger partial charge in [0.2, 0.25) is 5.91 Å². The topological polar surface area (TPSA) is 59.0 Å². The van der Waals surface area contributed by atoms with Gasteiger partial charge < -0.3 is 10.6 Å². The third-order valence-electron chi connectivity index (χ3n) is 4.05. The van der Waals surface area contributed by atoms with E-state index in [1.165, 1.54) is 0 Å². The number of nitrogens with one attached hydrogen (secondary N) is 2. The summed E-state index contributed by atoms with van der Waals surface area (Å²) >= 11 is 0. The van der Waals surface area contributed by atoms with Crippen LogP contribution in [-0.4, -0.2) is 28.8 Å². The SMILES string of the molecule is CC1CNCC1C(=O)NCc1ccccc1-n1cccn1. The fourth-order valence-corrected chi connectivity index (χ4v) is 2.77. The lowest BCUT2D eigenvalue weighted by Crippen LogP contribution is -2.34. The molecule has 0 saturated carbocycles. The molecule has 0 aliphatic carbocycles. The maximum Gasteiger partial charge on any atom is 0.224 e. The highest BCUT2D eigenvalue weighted by Crippen LogP contribution is 2.17. The molecule has 1 fully saturated rings. The summed E-state index contributed by atoms with van der Waals surface area (Å²) in [5, 5.41) is 10.6. The van der Waals surface area contributed by atoms with E-state index in [9.17, 15) is 4.79 Å². The lowest BCUT2D eigenvalue weighted by atomic mass is 9.97. The first-order valence-corrected chi connectivity index (χ1v) is 7.32. The van der Waals surface area contributed by atoms with Crippen LogP contribution >= 0.6 is 0 Å². The number of amides is 1. The summed E-state index contributed by atoms with van der Waals surface area (Å²) in [6.07, 6.45) is 3.66. The van der Waals surface area contributed by atoms with Gasteiger partial charge in [-0.3, -0.25) is 4.79 Å². The molecule has 2 N–H and O–H groups in total. The fraction of sp³-hybridized carbons (Fsp3) is 0.375. The Morgan fingerprint density at radius 2 is 2.24 bits per heavy atom. The monoisotopic (exact) mass is 284 g/mol. The van der Waals surface area contributed by atoms with Gasteiger partial charge in [0.25, 0.3) is 0 Å². The van der Waals surface area contributed by atoms with Crippen molar-refractivity contribution >= 4 is 5.91 Å². The fourth-order valence-electron chi connectivity index (χ4n) is 2.77. The van der Waals surface area contributed by atoms with Crippen molar-refractivity contribution in [3.63, 3.8) is 0 Å². The van der Waals surface area contributed by atoms with Crippen LogP contribution in [0, 0.1) is 11.8 Å². The van der Waals surface area contributed by atoms with Crippen LogP contribution in [-0.2, 0) is 11.3 Å². The number of carbonyl (C=O) groups excluding carboxylic acids is 1. The molecule has 5 nitrogen and oxygen atoms in total. The van der Waals surface area contributed by atoms with Crippen LogP contribution in [0.5, 0.6) is 0 Å². The van der Waals surface area contributed by atoms with Gasteiger partial charge in [-0.25, -0.2) is 4.68 Å². The van der Waals surface area contributed by atoms with Crippen LogP contribution in [0.2, 0.25) is 0 Å². The van der Waals surface area contributed by atoms with E-state index in [4.69, 9.17) is 0 Å². The van der Waals surface area contributed by atoms with Crippen molar-refractivity contribution in [3.05, 3.63) is 48.3 Å². The molecule has 21 heavy (non-hydrogen) atoms. The quantitative estimate of drug-likeness (QED) is 0.891. The van der Waals surface area contributed by atoms with Crippen molar-refractivity contribution in [1.29, 1.82) is 0 Å². The number of hydrogen-bond donors (Lipinski definition) is 2. The largest absolute Gasteiger partial charge is 0.352 e. The van der Waals surface area contributed by atoms with Gasteiger partial charge in [0.15, 0.2) is 0 Å². The Balaban J connectivity index is 1.70. The van der Waals surface area contributed by atoms with Crippen LogP contribution in [0.4, 0.5) is 0 Å². The number of hydrogen-bond acceptors (Lipinski definition) is 3. The molecule has 2 unspecified atom stereocenters. The van der Waals surface area contributed by atoms with Crippen molar-refractivity contribution in [2.24, 2.45) is 11.8 Å². The summed E-state index contributed by atoms with van der Waals surface area (Å²) < 4.78 is 1.82. The highest BCUT2D eigenvalue weighted by molar-refractivity contribution is 5.79. The van der Waals surface area contributed by atoms with Crippen LogP contribution in [0.1, 0.15) is 12.5 Å². The average molecular weight is 284 g/mol. The van der Waals surface area contributed by atoms with Crippen molar-refractivity contribution in [2.75, 3.05) is 13.1 Å². The highest BCUT2D eigenvalue weighted by Gasteiger charge is 2.29. The molecular weight excluding hydrogens is 264 g/mol. The summed E-state index contributed by atoms with van der Waals surface area (Å²) in [5.41, 5.74) is 2.06. The third-order valence-corrected chi connectivity index (χ3v) is 4.05. The van der Waals surface area contributed by atoms with Gasteiger partial charge in [0.05, 0.1) is 11.6 Å². The smallest absolute Gasteiger partial charge is 0.224 e. The van der Waals surface area contributed by atoms with E-state index in [2.05, 4.69) is 22.7 Å². The first-order chi connectivity index (χ1) is 10.3. The third kappa shape index (κ3) is 2.97. The molecule has 1 aliphatic rings. The molecule has 1 aromatic heterocycles. The molecular formula is C16H20N4O. The molecule has 0 spiro atoms. The minimum Gasteiger partial charge on any atom is -0.352 e. The van der Waals surface area contributed by atoms with Crippen molar-refractivity contribution < 1.29 is 4.79 Å². The summed E-state index contributed by atoms with van der Waals surface area (Å²) in [6, 6.07) is 9.88. The summed E-state index contributed by atoms with van der Waals surface area (Å²) in [4.78, 5) is 12.3. The molecule has 5 heteroatoms. The van der Waals surface area contributed by atoms with E-state index in [0.29, 0.717) is 12.5 Å². The van der Waals surface area contributed by atoms with Crippen molar-refractivity contribution in [2.45, 2.75) is 13.5 Å². The van der Waals surface area contributed by atoms with E-state index in [0.717, 1.165) is 24.3 Å². The summed E-state index contributed by atoms with van der Waals surface area (Å²) in [6.45, 7) is 4.33. The predicted molar refractivity (Wildman–Crippen MR) is 80.9 cm³/mol. The molecule has 0 radical (unpaired) electrons. The molecule has 2 aromatic rings. The van der Waals surface area contributed by atoms with Gasteiger partial charge in [-0.1, -0.05) is 25.1 Å². The Bertz CT molecular complexity index is 608. The summed E-state index contributed by atoms with van der Waals surface area (Å²) in [7, 11) is 0. The number of aromatic nitrogens is 2. The first-order valence-electron chi connectivity index (χ1n) is 7.32. The van der Waals surface area contributed by atoms with Crippen LogP contribution in [0.15, 0.2) is 42.7 Å². The predicted octanol–water partition coefficient (Wildman–Crippen LogP) is 1.34. The highest BCUT2D eigenvalue weighted by atomic mass is 16.1. The average Bonchev–Trinajstić information content (AvgIpc) is 3.16. The lowest BCUT2D eigenvalue weighted by Gasteiger charge is -2.15. The Kier molecular flexibility index (Phi) is 4.01. The normalized spacial score (nSPS) is 21.4. The van der Waals surface area contributed by atoms with Crippen molar-refractivity contribution in [3.8, 4) is 5.69 Å². The zero-order valence-corrected chi connectivity index (χ0v) is 12.1. The van der Waals surface area contributed by atoms with Gasteiger partial charge in [0, 0.05) is 25.5 Å². The Morgan fingerprint density at radius 3 is 2.95 bits per heavy atom. The second-order valence-corrected chi connectivity index (χ2v) is 5.54. The Morgan fingerprint density at radius 1 is 1.38 bits per heavy atom. The minimum atomic E-state index is 0.0712. The zero-order chi connectivity index (χ0) is 14.7. The summed E-state index contributed by atoms with van der Waals surface area (Å²) in [5.74, 6) is 0.594. The van der Waals surface area contributed by atoms with E-state index >= 15 is 0 Å². The molecule has 2 heterocycles. The number of benzene rings is 1. The number of carbonyl (C=O) groups is 1. The molecule has 3 rings (SSSR count). The second kappa shape index (κ2) is 6.10. The van der Waals surface area contributed by atoms with E-state index in [-0.39, 0.29) is 11.8 Å². The zero-order valence-electron chi connectivity index (χ0n) is 12.1. The van der Waals surface area contributed by atoms with Gasteiger partial charge >= 0.3 is 0 Å². The van der Waals surface area contributed by atoms with Crippen LogP contribution in [0.25, 0.3) is 5.69 Å². The first kappa shape index (κ1) is 13.8. The second-order valence-electron chi connectivity index (χ2n) is 5.54. The molecule has 1 saturated heterocycles. The molecule has 1 aromatic carbocycles. The maximum absolute atomic E-state index is 12.3. The van der Waals surface area contributed by atoms with Crippen LogP contribution in [0.3, 0.4) is 0 Å². The number of para-hydroxylation sites is 1. The molecule has 1 aliphatic heterocycles. The number of rotatable bonds is 4. The van der Waals surface area contributed by atoms with Gasteiger partial charge in [-0.05, 0) is 30.2 Å². The standard InChI is InChI=1S/C16H20N4O/c1-12-9-17-11-14(12)16(21)18-10-13-5-2-3-6-15(13)20-8-4-7-19-20/h2-8,12,14,17H,9-11H2,1H3,(H,18,21). The van der Waals surface area contributed by atoms with Crippen LogP contribution < -0.4 is 10.6 Å². The van der Waals surface area contributed by atoms with Crippen molar-refractivity contribution in [1.82, 2.24) is 20.4 Å². The molecule has 0 bridgehead atoms. The van der Waals surface area contributed by atoms with Gasteiger partial charge in [-0.2, -0.15) is 5.10 Å². The van der Waals surface area contributed by atoms with E-state index in [1.54, 1.807) is 6.20 Å². The van der Waals surface area contributed by atoms with E-state index < -0.39 is 0 Å². The molecule has 1 amide bonds. The Hall–Kier alpha value is -2.14. The van der Waals surface area contributed by atoms with Gasteiger partial charge in [0.1, 0.15) is 0 Å².